The van der Waals surface area contributed by atoms with Crippen LogP contribution in [0.3, 0.4) is 0 Å². The molecule has 0 saturated carbocycles. The second kappa shape index (κ2) is 13.7. The molecule has 4 aromatic rings. The summed E-state index contributed by atoms with van der Waals surface area (Å²) in [5, 5.41) is 25.1. The highest BCUT2D eigenvalue weighted by molar-refractivity contribution is 5.85. The maximum absolute atomic E-state index is 14.9. The highest BCUT2D eigenvalue weighted by Crippen LogP contribution is 2.32. The van der Waals surface area contributed by atoms with Crippen molar-refractivity contribution in [2.75, 3.05) is 17.6 Å². The van der Waals surface area contributed by atoms with E-state index in [9.17, 15) is 28.6 Å². The molecule has 0 bridgehead atoms. The van der Waals surface area contributed by atoms with Crippen molar-refractivity contribution in [1.29, 1.82) is 0 Å². The molecule has 0 spiro atoms. The molecule has 228 valence electrons. The third-order valence-electron chi connectivity index (χ3n) is 7.22. The van der Waals surface area contributed by atoms with Crippen molar-refractivity contribution in [3.8, 4) is 11.5 Å². The largest absolute Gasteiger partial charge is 0.508 e. The number of hydrogen-bond acceptors (Lipinski definition) is 8. The van der Waals surface area contributed by atoms with Crippen LogP contribution in [0.2, 0.25) is 0 Å². The van der Waals surface area contributed by atoms with Gasteiger partial charge in [0.2, 0.25) is 5.91 Å². The van der Waals surface area contributed by atoms with E-state index in [4.69, 9.17) is 5.73 Å². The summed E-state index contributed by atoms with van der Waals surface area (Å²) in [4.78, 5) is 35.0. The fourth-order valence-electron chi connectivity index (χ4n) is 5.09. The van der Waals surface area contributed by atoms with Crippen LogP contribution in [0.5, 0.6) is 11.5 Å². The molecule has 2 aromatic carbocycles. The lowest BCUT2D eigenvalue weighted by Gasteiger charge is -2.21. The van der Waals surface area contributed by atoms with E-state index in [0.29, 0.717) is 30.0 Å². The zero-order valence-corrected chi connectivity index (χ0v) is 24.5. The summed E-state index contributed by atoms with van der Waals surface area (Å²) in [6, 6.07) is 9.69. The van der Waals surface area contributed by atoms with Crippen LogP contribution in [0.4, 0.5) is 20.4 Å². The lowest BCUT2D eigenvalue weighted by Crippen LogP contribution is -2.36. The second-order valence-electron chi connectivity index (χ2n) is 9.87. The molecule has 1 aliphatic rings. The summed E-state index contributed by atoms with van der Waals surface area (Å²) < 4.78 is 31.1. The molecule has 1 aliphatic heterocycles. The number of halogens is 4. The van der Waals surface area contributed by atoms with Crippen molar-refractivity contribution in [3.63, 3.8) is 0 Å². The molecule has 43 heavy (non-hydrogen) atoms. The Morgan fingerprint density at radius 3 is 2.28 bits per heavy atom. The van der Waals surface area contributed by atoms with Gasteiger partial charge in [-0.1, -0.05) is 18.2 Å². The Morgan fingerprint density at radius 1 is 1.07 bits per heavy atom. The van der Waals surface area contributed by atoms with Gasteiger partial charge in [0.1, 0.15) is 35.0 Å². The first-order valence-corrected chi connectivity index (χ1v) is 12.9. The van der Waals surface area contributed by atoms with Gasteiger partial charge >= 0.3 is 0 Å². The Bertz CT molecular complexity index is 1650. The number of hydrogen-bond donors (Lipinski definition) is 5. The minimum atomic E-state index is -0.952. The highest BCUT2D eigenvalue weighted by Gasteiger charge is 2.31. The number of nitrogens with zero attached hydrogens (tertiary/aromatic N) is 3. The van der Waals surface area contributed by atoms with Crippen LogP contribution in [0, 0.1) is 18.6 Å². The van der Waals surface area contributed by atoms with Gasteiger partial charge in [-0.25, -0.2) is 18.7 Å². The SMILES string of the molecule is Cc1nc(N)ccc1CNC(=O)[C@@H]1CCc2cnc(NCC(c3ccc(O)cc3F)c3ccc(O)cc3F)c(=O)n21.Cl.Cl. The maximum atomic E-state index is 14.9. The number of aryl methyl sites for hydroxylation is 2. The Kier molecular flexibility index (Phi) is 10.5. The molecule has 3 heterocycles. The van der Waals surface area contributed by atoms with Crippen LogP contribution in [0.1, 0.15) is 46.5 Å². The number of nitrogen functional groups attached to an aromatic ring is 1. The number of amides is 1. The van der Waals surface area contributed by atoms with E-state index >= 15 is 0 Å². The number of benzene rings is 2. The molecule has 0 saturated heterocycles. The molecule has 6 N–H and O–H groups in total. The van der Waals surface area contributed by atoms with Crippen LogP contribution in [-0.2, 0) is 17.8 Å². The van der Waals surface area contributed by atoms with Crippen molar-refractivity contribution in [1.82, 2.24) is 19.9 Å². The number of fused-ring (bicyclic) bond motifs is 1. The molecular weight excluding hydrogens is 605 g/mol. The second-order valence-corrected chi connectivity index (χ2v) is 9.87. The average molecular weight is 635 g/mol. The average Bonchev–Trinajstić information content (AvgIpc) is 3.36. The number of phenols is 2. The van der Waals surface area contributed by atoms with Crippen LogP contribution >= 0.6 is 24.8 Å². The van der Waals surface area contributed by atoms with Crippen LogP contribution in [0.25, 0.3) is 0 Å². The summed E-state index contributed by atoms with van der Waals surface area (Å²) in [5.41, 5.74) is 7.36. The van der Waals surface area contributed by atoms with Gasteiger partial charge in [-0.3, -0.25) is 14.2 Å². The number of pyridine rings is 1. The molecule has 2 aromatic heterocycles. The summed E-state index contributed by atoms with van der Waals surface area (Å²) in [7, 11) is 0. The van der Waals surface area contributed by atoms with Crippen molar-refractivity contribution in [2.24, 2.45) is 0 Å². The summed E-state index contributed by atoms with van der Waals surface area (Å²) in [6.07, 6.45) is 2.39. The van der Waals surface area contributed by atoms with Crippen LogP contribution in [0.15, 0.2) is 59.5 Å². The van der Waals surface area contributed by atoms with Crippen molar-refractivity contribution in [2.45, 2.75) is 38.3 Å². The monoisotopic (exact) mass is 634 g/mol. The molecule has 5 rings (SSSR count). The van der Waals surface area contributed by atoms with E-state index in [1.165, 1.54) is 35.0 Å². The van der Waals surface area contributed by atoms with Gasteiger partial charge in [0, 0.05) is 48.7 Å². The number of nitrogens with one attached hydrogen (secondary N) is 2. The molecule has 10 nitrogen and oxygen atoms in total. The summed E-state index contributed by atoms with van der Waals surface area (Å²) in [5.74, 6) is -3.14. The number of rotatable bonds is 8. The Balaban J connectivity index is 0.00000253. The standard InChI is InChI=1S/C29H28F2N6O4.2ClH/c1-15-16(2-9-26(32)36-15)12-35-28(40)25-8-3-17-13-33-27(29(41)37(17)25)34-14-22(20-6-4-18(38)10-23(20)30)21-7-5-19(39)11-24(21)31;;/h2,4-7,9-11,13,22,25,38-39H,3,8,12,14H2,1H3,(H2,32,36)(H,33,34)(H,35,40);2*1H/t25-;;/m0../s1. The molecule has 0 aliphatic carbocycles. The lowest BCUT2D eigenvalue weighted by molar-refractivity contribution is -0.124. The van der Waals surface area contributed by atoms with Gasteiger partial charge < -0.3 is 26.6 Å². The molecule has 0 fully saturated rings. The number of carbonyl (C=O) groups is 1. The van der Waals surface area contributed by atoms with Gasteiger partial charge in [0.25, 0.3) is 5.56 Å². The molecule has 0 unspecified atom stereocenters. The van der Waals surface area contributed by atoms with Gasteiger partial charge in [-0.2, -0.15) is 0 Å². The smallest absolute Gasteiger partial charge is 0.294 e. The number of nitrogens with two attached hydrogens (primary N) is 1. The van der Waals surface area contributed by atoms with Gasteiger partial charge in [-0.15, -0.1) is 24.8 Å². The lowest BCUT2D eigenvalue weighted by atomic mass is 9.90. The summed E-state index contributed by atoms with van der Waals surface area (Å²) >= 11 is 0. The first-order chi connectivity index (χ1) is 19.6. The third-order valence-corrected chi connectivity index (χ3v) is 7.22. The molecular formula is C29H30Cl2F2N6O4. The van der Waals surface area contributed by atoms with Crippen LogP contribution < -0.4 is 21.9 Å². The number of anilines is 2. The van der Waals surface area contributed by atoms with E-state index in [2.05, 4.69) is 20.6 Å². The topological polar surface area (TPSA) is 155 Å². The van der Waals surface area contributed by atoms with E-state index in [1.54, 1.807) is 19.1 Å². The highest BCUT2D eigenvalue weighted by atomic mass is 35.5. The van der Waals surface area contributed by atoms with E-state index in [1.807, 2.05) is 0 Å². The normalized spacial score (nSPS) is 13.5. The summed E-state index contributed by atoms with van der Waals surface area (Å²) in [6.45, 7) is 1.86. The van der Waals surface area contributed by atoms with Crippen LogP contribution in [-0.4, -0.2) is 37.2 Å². The zero-order chi connectivity index (χ0) is 29.3. The molecule has 0 radical (unpaired) electrons. The fourth-order valence-corrected chi connectivity index (χ4v) is 5.09. The minimum absolute atomic E-state index is 0. The Labute approximate surface area is 257 Å². The predicted octanol–water partition coefficient (Wildman–Crippen LogP) is 4.11. The number of aromatic nitrogens is 3. The van der Waals surface area contributed by atoms with Crippen molar-refractivity contribution >= 4 is 42.4 Å². The fraction of sp³-hybridized carbons (Fsp3) is 0.241. The third kappa shape index (κ3) is 6.98. The van der Waals surface area contributed by atoms with E-state index < -0.39 is 29.2 Å². The predicted molar refractivity (Wildman–Crippen MR) is 162 cm³/mol. The first kappa shape index (κ1) is 33.1. The maximum Gasteiger partial charge on any atom is 0.294 e. The van der Waals surface area contributed by atoms with Crippen molar-refractivity contribution in [3.05, 3.63) is 105 Å². The zero-order valence-electron chi connectivity index (χ0n) is 22.9. The first-order valence-electron chi connectivity index (χ1n) is 12.9. The Hall–Kier alpha value is -4.42. The van der Waals surface area contributed by atoms with E-state index in [-0.39, 0.29) is 72.3 Å². The minimum Gasteiger partial charge on any atom is -0.508 e. The van der Waals surface area contributed by atoms with Gasteiger partial charge in [-0.05, 0) is 54.7 Å². The number of aromatic hydroxyl groups is 2. The Morgan fingerprint density at radius 2 is 1.70 bits per heavy atom. The molecule has 1 amide bonds. The van der Waals surface area contributed by atoms with Gasteiger partial charge in [0.05, 0.1) is 0 Å². The van der Waals surface area contributed by atoms with E-state index in [0.717, 1.165) is 17.7 Å². The molecule has 14 heteroatoms. The quantitative estimate of drug-likeness (QED) is 0.194. The van der Waals surface area contributed by atoms with Gasteiger partial charge in [0.15, 0.2) is 5.82 Å². The number of phenolic OH excluding ortho intramolecular Hbond substituents is 2. The van der Waals surface area contributed by atoms with Crippen molar-refractivity contribution < 1.29 is 23.8 Å². The number of carbonyl (C=O) groups excluding carboxylic acids is 1. The molecule has 1 atom stereocenters.